The summed E-state index contributed by atoms with van der Waals surface area (Å²) in [7, 11) is 3.38. The molecular formula is C18H19I2NO2. The van der Waals surface area contributed by atoms with E-state index in [1.165, 1.54) is 23.8 Å². The number of hydrogen-bond acceptors (Lipinski definition) is 3. The number of ether oxygens (including phenoxy) is 2. The molecule has 1 N–H and O–H groups in total. The average Bonchev–Trinajstić information content (AvgIpc) is 2.53. The van der Waals surface area contributed by atoms with Crippen LogP contribution < -0.4 is 14.8 Å². The summed E-state index contributed by atoms with van der Waals surface area (Å²) in [6.45, 7) is 0.994. The second-order valence-corrected chi connectivity index (χ2v) is 8.14. The molecule has 1 aliphatic rings. The summed E-state index contributed by atoms with van der Waals surface area (Å²) < 4.78 is 13.5. The lowest BCUT2D eigenvalue weighted by Gasteiger charge is -2.28. The van der Waals surface area contributed by atoms with Gasteiger partial charge in [-0.2, -0.15) is 0 Å². The molecule has 0 radical (unpaired) electrons. The number of benzene rings is 2. The van der Waals surface area contributed by atoms with Gasteiger partial charge in [0.05, 0.1) is 14.2 Å². The molecule has 2 aromatic rings. The monoisotopic (exact) mass is 535 g/mol. The van der Waals surface area contributed by atoms with E-state index in [1.54, 1.807) is 14.2 Å². The molecule has 1 atom stereocenters. The zero-order valence-corrected chi connectivity index (χ0v) is 17.5. The van der Waals surface area contributed by atoms with E-state index in [4.69, 9.17) is 9.47 Å². The molecule has 0 spiro atoms. The topological polar surface area (TPSA) is 30.5 Å². The third-order valence-corrected chi connectivity index (χ3v) is 5.41. The molecule has 0 aromatic heterocycles. The van der Waals surface area contributed by atoms with E-state index in [2.05, 4.69) is 80.8 Å². The Kier molecular flexibility index (Phi) is 5.69. The van der Waals surface area contributed by atoms with Crippen LogP contribution in [0.5, 0.6) is 11.5 Å². The molecule has 1 unspecified atom stereocenters. The van der Waals surface area contributed by atoms with Crippen molar-refractivity contribution in [2.45, 2.75) is 18.9 Å². The van der Waals surface area contributed by atoms with Crippen LogP contribution in [0, 0.1) is 7.14 Å². The van der Waals surface area contributed by atoms with Gasteiger partial charge in [0.2, 0.25) is 0 Å². The number of methoxy groups -OCH3 is 2. The molecular weight excluding hydrogens is 516 g/mol. The Labute approximate surface area is 164 Å². The minimum atomic E-state index is 0.313. The van der Waals surface area contributed by atoms with Crippen molar-refractivity contribution in [3.63, 3.8) is 0 Å². The highest BCUT2D eigenvalue weighted by atomic mass is 127. The van der Waals surface area contributed by atoms with Crippen LogP contribution in [-0.2, 0) is 12.8 Å². The fourth-order valence-electron chi connectivity index (χ4n) is 3.12. The molecule has 0 saturated heterocycles. The van der Waals surface area contributed by atoms with Crippen LogP contribution >= 0.6 is 45.2 Å². The van der Waals surface area contributed by atoms with Crippen molar-refractivity contribution in [1.29, 1.82) is 0 Å². The summed E-state index contributed by atoms with van der Waals surface area (Å²) in [4.78, 5) is 0. The van der Waals surface area contributed by atoms with Crippen LogP contribution in [0.4, 0.5) is 0 Å². The molecule has 0 bridgehead atoms. The highest BCUT2D eigenvalue weighted by Gasteiger charge is 2.23. The Bertz CT molecular complexity index is 698. The number of halogens is 2. The SMILES string of the molecule is COc1cc2c(cc1OC)C(Cc1cc(I)cc(I)c1)NCC2. The standard InChI is InChI=1S/C18H19I2NO2/c1-22-17-8-12-3-4-21-16(15(12)10-18(17)23-2)7-11-5-13(19)9-14(20)6-11/h5-6,8-10,16,21H,3-4,7H2,1-2H3. The largest absolute Gasteiger partial charge is 0.493 e. The summed E-state index contributed by atoms with van der Waals surface area (Å²) >= 11 is 4.77. The number of fused-ring (bicyclic) bond motifs is 1. The molecule has 0 fully saturated rings. The van der Waals surface area contributed by atoms with E-state index in [9.17, 15) is 0 Å². The molecule has 23 heavy (non-hydrogen) atoms. The Hall–Kier alpha value is -0.540. The zero-order valence-electron chi connectivity index (χ0n) is 13.2. The van der Waals surface area contributed by atoms with Gasteiger partial charge in [0.25, 0.3) is 0 Å². The van der Waals surface area contributed by atoms with Crippen LogP contribution in [0.25, 0.3) is 0 Å². The number of hydrogen-bond donors (Lipinski definition) is 1. The first kappa shape index (κ1) is 17.3. The predicted octanol–water partition coefficient (Wildman–Crippen LogP) is 4.34. The summed E-state index contributed by atoms with van der Waals surface area (Å²) in [5, 5.41) is 3.65. The summed E-state index contributed by atoms with van der Waals surface area (Å²) in [5.41, 5.74) is 4.04. The molecule has 1 aliphatic heterocycles. The Morgan fingerprint density at radius 1 is 1.00 bits per heavy atom. The second kappa shape index (κ2) is 7.57. The smallest absolute Gasteiger partial charge is 0.161 e. The van der Waals surface area contributed by atoms with Gasteiger partial charge in [0.1, 0.15) is 0 Å². The van der Waals surface area contributed by atoms with Crippen LogP contribution in [0.3, 0.4) is 0 Å². The van der Waals surface area contributed by atoms with Crippen LogP contribution in [-0.4, -0.2) is 20.8 Å². The predicted molar refractivity (Wildman–Crippen MR) is 110 cm³/mol. The van der Waals surface area contributed by atoms with Crippen molar-refractivity contribution in [2.75, 3.05) is 20.8 Å². The minimum absolute atomic E-state index is 0.313. The van der Waals surface area contributed by atoms with Gasteiger partial charge in [-0.15, -0.1) is 0 Å². The van der Waals surface area contributed by atoms with Crippen molar-refractivity contribution in [3.05, 3.63) is 54.2 Å². The van der Waals surface area contributed by atoms with Gasteiger partial charge in [-0.05, 0) is 112 Å². The fourth-order valence-corrected chi connectivity index (χ4v) is 5.18. The van der Waals surface area contributed by atoms with Gasteiger partial charge >= 0.3 is 0 Å². The Morgan fingerprint density at radius 3 is 2.30 bits per heavy atom. The normalized spacial score (nSPS) is 16.8. The molecule has 5 heteroatoms. The lowest BCUT2D eigenvalue weighted by molar-refractivity contribution is 0.352. The van der Waals surface area contributed by atoms with Crippen LogP contribution in [0.2, 0.25) is 0 Å². The van der Waals surface area contributed by atoms with Gasteiger partial charge in [-0.1, -0.05) is 0 Å². The first-order chi connectivity index (χ1) is 11.1. The van der Waals surface area contributed by atoms with Crippen molar-refractivity contribution < 1.29 is 9.47 Å². The number of rotatable bonds is 4. The van der Waals surface area contributed by atoms with Gasteiger partial charge in [0.15, 0.2) is 11.5 Å². The molecule has 0 saturated carbocycles. The number of nitrogens with one attached hydrogen (secondary N) is 1. The van der Waals surface area contributed by atoms with Crippen LogP contribution in [0.1, 0.15) is 22.7 Å². The lowest BCUT2D eigenvalue weighted by Crippen LogP contribution is -2.31. The molecule has 3 rings (SSSR count). The molecule has 0 amide bonds. The second-order valence-electron chi connectivity index (χ2n) is 5.64. The fraction of sp³-hybridized carbons (Fsp3) is 0.333. The molecule has 3 nitrogen and oxygen atoms in total. The van der Waals surface area contributed by atoms with Gasteiger partial charge in [-0.25, -0.2) is 0 Å². The zero-order chi connectivity index (χ0) is 16.4. The average molecular weight is 535 g/mol. The highest BCUT2D eigenvalue weighted by molar-refractivity contribution is 14.1. The summed E-state index contributed by atoms with van der Waals surface area (Å²) in [5.74, 6) is 1.62. The van der Waals surface area contributed by atoms with E-state index in [0.29, 0.717) is 6.04 Å². The quantitative estimate of drug-likeness (QED) is 0.592. The van der Waals surface area contributed by atoms with E-state index >= 15 is 0 Å². The Balaban J connectivity index is 1.94. The van der Waals surface area contributed by atoms with E-state index < -0.39 is 0 Å². The van der Waals surface area contributed by atoms with E-state index in [1.807, 2.05) is 0 Å². The van der Waals surface area contributed by atoms with Crippen molar-refractivity contribution >= 4 is 45.2 Å². The summed E-state index contributed by atoms with van der Waals surface area (Å²) in [6, 6.07) is 11.3. The molecule has 1 heterocycles. The third kappa shape index (κ3) is 3.93. The van der Waals surface area contributed by atoms with E-state index in [0.717, 1.165) is 30.9 Å². The molecule has 2 aromatic carbocycles. The van der Waals surface area contributed by atoms with Crippen molar-refractivity contribution in [3.8, 4) is 11.5 Å². The van der Waals surface area contributed by atoms with Crippen LogP contribution in [0.15, 0.2) is 30.3 Å². The maximum absolute atomic E-state index is 5.48. The van der Waals surface area contributed by atoms with Crippen molar-refractivity contribution in [2.24, 2.45) is 0 Å². The Morgan fingerprint density at radius 2 is 1.65 bits per heavy atom. The first-order valence-electron chi connectivity index (χ1n) is 7.54. The minimum Gasteiger partial charge on any atom is -0.493 e. The van der Waals surface area contributed by atoms with Gasteiger partial charge in [0, 0.05) is 13.2 Å². The van der Waals surface area contributed by atoms with Crippen molar-refractivity contribution in [1.82, 2.24) is 5.32 Å². The molecule has 0 aliphatic carbocycles. The maximum Gasteiger partial charge on any atom is 0.161 e. The highest BCUT2D eigenvalue weighted by Crippen LogP contribution is 2.36. The third-order valence-electron chi connectivity index (χ3n) is 4.17. The van der Waals surface area contributed by atoms with E-state index in [-0.39, 0.29) is 0 Å². The molecule has 122 valence electrons. The van der Waals surface area contributed by atoms with Gasteiger partial charge in [-0.3, -0.25) is 0 Å². The lowest BCUT2D eigenvalue weighted by atomic mass is 9.90. The first-order valence-corrected chi connectivity index (χ1v) is 9.69. The summed E-state index contributed by atoms with van der Waals surface area (Å²) in [6.07, 6.45) is 2.01. The van der Waals surface area contributed by atoms with Gasteiger partial charge < -0.3 is 14.8 Å². The maximum atomic E-state index is 5.48.